The zero-order chi connectivity index (χ0) is 41.7. The lowest BCUT2D eigenvalue weighted by Gasteiger charge is -2.29. The van der Waals surface area contributed by atoms with Gasteiger partial charge in [0.15, 0.2) is 0 Å². The molecule has 9 aromatic carbocycles. The summed E-state index contributed by atoms with van der Waals surface area (Å²) in [6.07, 6.45) is 0. The number of fused-ring (bicyclic) bond motifs is 9. The second kappa shape index (κ2) is 13.5. The van der Waals surface area contributed by atoms with E-state index in [0.29, 0.717) is 0 Å². The zero-order valence-corrected chi connectivity index (χ0v) is 35.4. The topological polar surface area (TPSA) is 16.4 Å². The Morgan fingerprint density at radius 3 is 1.58 bits per heavy atom. The van der Waals surface area contributed by atoms with Crippen LogP contribution in [0.5, 0.6) is 0 Å². The molecule has 2 aliphatic carbocycles. The van der Waals surface area contributed by atoms with Crippen LogP contribution in [0, 0.1) is 0 Å². The molecule has 0 spiro atoms. The van der Waals surface area contributed by atoms with E-state index in [2.05, 4.69) is 227 Å². The quantitative estimate of drug-likeness (QED) is 0.167. The third kappa shape index (κ3) is 5.49. The van der Waals surface area contributed by atoms with Gasteiger partial charge in [0, 0.05) is 44.2 Å². The minimum atomic E-state index is -0.135. The lowest BCUT2D eigenvalue weighted by atomic mass is 9.82. The van der Waals surface area contributed by atoms with E-state index in [1.807, 2.05) is 6.07 Å². The summed E-state index contributed by atoms with van der Waals surface area (Å²) in [6, 6.07) is 73.6. The molecular weight excluding hydrogens is 751 g/mol. The molecule has 0 aliphatic heterocycles. The third-order valence-electron chi connectivity index (χ3n) is 13.9. The fraction of sp³-hybridized carbons (Fsp3) is 0.100. The fourth-order valence-electron chi connectivity index (χ4n) is 10.7. The smallest absolute Gasteiger partial charge is 0.143 e. The number of nitrogens with zero attached hydrogens (tertiary/aromatic N) is 1. The summed E-state index contributed by atoms with van der Waals surface area (Å²) in [4.78, 5) is 2.43. The molecule has 0 saturated carbocycles. The molecule has 0 amide bonds. The molecule has 62 heavy (non-hydrogen) atoms. The first-order valence-electron chi connectivity index (χ1n) is 21.7. The van der Waals surface area contributed by atoms with E-state index >= 15 is 0 Å². The first-order valence-corrected chi connectivity index (χ1v) is 21.7. The van der Waals surface area contributed by atoms with Gasteiger partial charge >= 0.3 is 0 Å². The molecule has 0 atom stereocenters. The molecule has 0 saturated heterocycles. The van der Waals surface area contributed by atoms with Crippen molar-refractivity contribution in [3.8, 4) is 55.6 Å². The van der Waals surface area contributed by atoms with Crippen molar-refractivity contribution < 1.29 is 4.42 Å². The molecule has 1 heterocycles. The number of hydrogen-bond donors (Lipinski definition) is 0. The molecule has 1 aromatic heterocycles. The second-order valence-corrected chi connectivity index (χ2v) is 18.1. The van der Waals surface area contributed by atoms with Gasteiger partial charge in [-0.25, -0.2) is 0 Å². The number of anilines is 3. The van der Waals surface area contributed by atoms with Crippen LogP contribution < -0.4 is 4.90 Å². The van der Waals surface area contributed by atoms with Crippen LogP contribution in [-0.4, -0.2) is 0 Å². The number of benzene rings is 9. The Bertz CT molecular complexity index is 3430. The maximum Gasteiger partial charge on any atom is 0.143 e. The van der Waals surface area contributed by atoms with Crippen LogP contribution >= 0.6 is 0 Å². The van der Waals surface area contributed by atoms with Gasteiger partial charge < -0.3 is 9.32 Å². The Morgan fingerprint density at radius 2 is 0.823 bits per heavy atom. The van der Waals surface area contributed by atoms with Crippen molar-refractivity contribution in [2.75, 3.05) is 4.90 Å². The van der Waals surface area contributed by atoms with Gasteiger partial charge in [-0.15, -0.1) is 0 Å². The summed E-state index contributed by atoms with van der Waals surface area (Å²) in [6.45, 7) is 9.39. The van der Waals surface area contributed by atoms with Crippen LogP contribution in [0.4, 0.5) is 17.1 Å². The van der Waals surface area contributed by atoms with Crippen molar-refractivity contribution in [1.82, 2.24) is 0 Å². The van der Waals surface area contributed by atoms with Crippen LogP contribution in [0.25, 0.3) is 77.6 Å². The molecular formula is C60H45NO. The van der Waals surface area contributed by atoms with Gasteiger partial charge in [0.25, 0.3) is 0 Å². The molecule has 0 fully saturated rings. The lowest BCUT2D eigenvalue weighted by Crippen LogP contribution is -2.16. The Labute approximate surface area is 363 Å². The number of para-hydroxylation sites is 2. The highest BCUT2D eigenvalue weighted by Crippen LogP contribution is 2.52. The van der Waals surface area contributed by atoms with Gasteiger partial charge in [-0.2, -0.15) is 0 Å². The molecule has 0 bridgehead atoms. The van der Waals surface area contributed by atoms with Crippen LogP contribution in [0.15, 0.2) is 205 Å². The minimum absolute atomic E-state index is 0.0164. The van der Waals surface area contributed by atoms with Crippen LogP contribution in [0.2, 0.25) is 0 Å². The summed E-state index contributed by atoms with van der Waals surface area (Å²) in [7, 11) is 0. The molecule has 2 aliphatic rings. The van der Waals surface area contributed by atoms with E-state index in [4.69, 9.17) is 4.42 Å². The number of hydrogen-bond acceptors (Lipinski definition) is 2. The van der Waals surface area contributed by atoms with Gasteiger partial charge in [-0.3, -0.25) is 0 Å². The van der Waals surface area contributed by atoms with Crippen molar-refractivity contribution in [3.05, 3.63) is 222 Å². The molecule has 0 unspecified atom stereocenters. The monoisotopic (exact) mass is 795 g/mol. The lowest BCUT2D eigenvalue weighted by molar-refractivity contribution is 0.660. The van der Waals surface area contributed by atoms with Gasteiger partial charge in [-0.05, 0) is 127 Å². The summed E-state index contributed by atoms with van der Waals surface area (Å²) in [5, 5.41) is 2.26. The van der Waals surface area contributed by atoms with Crippen molar-refractivity contribution >= 4 is 39.0 Å². The minimum Gasteiger partial charge on any atom is -0.455 e. The maximum absolute atomic E-state index is 6.55. The standard InChI is InChI=1S/C60H45NO/c1-59(2)54-27-9-6-22-48(54)52-36-41(29-32-55(52)59)39-16-11-15-38(33-39)40-17-12-19-43(34-40)61(45-30-31-49-47-21-5-8-26-53(47)60(3,4)56(49)37-45)44-20-13-18-42(35-44)46-24-14-25-51-50-23-7-10-28-57(50)62-58(46)51/h5-37H,1-4H3. The molecule has 12 rings (SSSR count). The molecule has 0 N–H and O–H groups in total. The maximum atomic E-state index is 6.55. The number of furan rings is 1. The summed E-state index contributed by atoms with van der Waals surface area (Å²) in [5.41, 5.74) is 22.8. The molecule has 10 aromatic rings. The Morgan fingerprint density at radius 1 is 0.323 bits per heavy atom. The second-order valence-electron chi connectivity index (χ2n) is 18.1. The van der Waals surface area contributed by atoms with E-state index in [1.165, 1.54) is 66.8 Å². The van der Waals surface area contributed by atoms with E-state index in [1.54, 1.807) is 0 Å². The number of rotatable bonds is 6. The van der Waals surface area contributed by atoms with Crippen LogP contribution in [0.1, 0.15) is 49.9 Å². The predicted molar refractivity (Wildman–Crippen MR) is 260 cm³/mol. The Balaban J connectivity index is 0.985. The van der Waals surface area contributed by atoms with E-state index < -0.39 is 0 Å². The van der Waals surface area contributed by atoms with Crippen molar-refractivity contribution in [2.24, 2.45) is 0 Å². The van der Waals surface area contributed by atoms with Crippen molar-refractivity contribution in [2.45, 2.75) is 38.5 Å². The fourth-order valence-corrected chi connectivity index (χ4v) is 10.7. The molecule has 296 valence electrons. The zero-order valence-electron chi connectivity index (χ0n) is 35.4. The highest BCUT2D eigenvalue weighted by molar-refractivity contribution is 6.09. The molecule has 2 nitrogen and oxygen atoms in total. The van der Waals surface area contributed by atoms with E-state index in [-0.39, 0.29) is 10.8 Å². The Hall–Kier alpha value is -7.42. The average Bonchev–Trinajstić information content (AvgIpc) is 3.89. The first-order chi connectivity index (χ1) is 30.2. The van der Waals surface area contributed by atoms with Gasteiger partial charge in [-0.1, -0.05) is 173 Å². The summed E-state index contributed by atoms with van der Waals surface area (Å²) in [5.74, 6) is 0. The normalized spacial score (nSPS) is 14.1. The average molecular weight is 796 g/mol. The van der Waals surface area contributed by atoms with Crippen LogP contribution in [0.3, 0.4) is 0 Å². The summed E-state index contributed by atoms with van der Waals surface area (Å²) >= 11 is 0. The first kappa shape index (κ1) is 36.4. The third-order valence-corrected chi connectivity index (χ3v) is 13.9. The van der Waals surface area contributed by atoms with E-state index in [9.17, 15) is 0 Å². The Kier molecular flexibility index (Phi) is 7.96. The molecule has 2 heteroatoms. The van der Waals surface area contributed by atoms with Crippen molar-refractivity contribution in [1.29, 1.82) is 0 Å². The van der Waals surface area contributed by atoms with Gasteiger partial charge in [0.05, 0.1) is 0 Å². The SMILES string of the molecule is CC1(C)c2ccccc2-c2cc(-c3cccc(-c4cccc(N(c5cccc(-c6cccc7c6oc6ccccc67)c5)c5ccc6c(c5)C(C)(C)c5ccccc5-6)c4)c3)ccc21. The summed E-state index contributed by atoms with van der Waals surface area (Å²) < 4.78 is 6.55. The largest absolute Gasteiger partial charge is 0.455 e. The van der Waals surface area contributed by atoms with E-state index in [0.717, 1.165) is 50.1 Å². The predicted octanol–water partition coefficient (Wildman–Crippen LogP) is 16.7. The molecule has 0 radical (unpaired) electrons. The van der Waals surface area contributed by atoms with Gasteiger partial charge in [0.2, 0.25) is 0 Å². The highest BCUT2D eigenvalue weighted by Gasteiger charge is 2.37. The van der Waals surface area contributed by atoms with Crippen LogP contribution in [-0.2, 0) is 10.8 Å². The highest BCUT2D eigenvalue weighted by atomic mass is 16.3. The van der Waals surface area contributed by atoms with Crippen molar-refractivity contribution in [3.63, 3.8) is 0 Å². The van der Waals surface area contributed by atoms with Gasteiger partial charge in [0.1, 0.15) is 11.2 Å².